The zero-order valence-electron chi connectivity index (χ0n) is 10.5. The number of hydrogen-bond acceptors (Lipinski definition) is 4. The predicted octanol–water partition coefficient (Wildman–Crippen LogP) is 2.01. The summed E-state index contributed by atoms with van der Waals surface area (Å²) >= 11 is 5.89. The third-order valence-corrected chi connectivity index (χ3v) is 3.01. The molecule has 1 aromatic carbocycles. The molecule has 0 radical (unpaired) electrons. The van der Waals surface area contributed by atoms with Crippen LogP contribution in [0.5, 0.6) is 5.75 Å². The van der Waals surface area contributed by atoms with Crippen molar-refractivity contribution >= 4 is 17.6 Å². The molecule has 0 saturated heterocycles. The normalized spacial score (nSPS) is 10.3. The number of aryl methyl sites for hydroxylation is 1. The molecule has 2 aromatic rings. The summed E-state index contributed by atoms with van der Waals surface area (Å²) in [5.41, 5.74) is -0.249. The van der Waals surface area contributed by atoms with Crippen molar-refractivity contribution in [3.8, 4) is 5.75 Å². The van der Waals surface area contributed by atoms with Crippen LogP contribution in [0.25, 0.3) is 0 Å². The van der Waals surface area contributed by atoms with Crippen LogP contribution in [0.4, 0.5) is 0 Å². The van der Waals surface area contributed by atoms with Gasteiger partial charge in [0.15, 0.2) is 0 Å². The average Bonchev–Trinajstić information content (AvgIpc) is 2.40. The standard InChI is InChI=1S/C13H11ClN2O4/c1-7-4-8(2-3-10(7)14)20-6-11-15-5-9(13(18)19)12(17)16-11/h2-5H,6H2,1H3,(H,18,19)(H,15,16,17). The van der Waals surface area contributed by atoms with Crippen molar-refractivity contribution in [1.82, 2.24) is 9.97 Å². The zero-order chi connectivity index (χ0) is 14.7. The van der Waals surface area contributed by atoms with Gasteiger partial charge in [-0.25, -0.2) is 9.78 Å². The van der Waals surface area contributed by atoms with Crippen LogP contribution in [-0.2, 0) is 6.61 Å². The lowest BCUT2D eigenvalue weighted by Gasteiger charge is -2.07. The lowest BCUT2D eigenvalue weighted by molar-refractivity contribution is 0.0694. The smallest absolute Gasteiger partial charge is 0.342 e. The monoisotopic (exact) mass is 294 g/mol. The van der Waals surface area contributed by atoms with Crippen molar-refractivity contribution in [2.24, 2.45) is 0 Å². The van der Waals surface area contributed by atoms with Crippen LogP contribution in [-0.4, -0.2) is 21.0 Å². The van der Waals surface area contributed by atoms with Crippen LogP contribution in [0.15, 0.2) is 29.2 Å². The molecule has 0 amide bonds. The number of halogens is 1. The van der Waals surface area contributed by atoms with Gasteiger partial charge in [-0.15, -0.1) is 0 Å². The van der Waals surface area contributed by atoms with Gasteiger partial charge in [0, 0.05) is 11.2 Å². The van der Waals surface area contributed by atoms with E-state index in [0.29, 0.717) is 10.8 Å². The number of carbonyl (C=O) groups is 1. The molecule has 2 N–H and O–H groups in total. The molecule has 6 nitrogen and oxygen atoms in total. The highest BCUT2D eigenvalue weighted by molar-refractivity contribution is 6.31. The SMILES string of the molecule is Cc1cc(OCc2ncc(C(=O)O)c(=O)[nH]2)ccc1Cl. The Morgan fingerprint density at radius 2 is 2.25 bits per heavy atom. The third-order valence-electron chi connectivity index (χ3n) is 2.59. The Kier molecular flexibility index (Phi) is 4.05. The Balaban J connectivity index is 2.11. The molecule has 7 heteroatoms. The van der Waals surface area contributed by atoms with Crippen LogP contribution < -0.4 is 10.3 Å². The summed E-state index contributed by atoms with van der Waals surface area (Å²) in [5, 5.41) is 9.35. The first-order valence-corrected chi connectivity index (χ1v) is 6.05. The molecular formula is C13H11ClN2O4. The van der Waals surface area contributed by atoms with Gasteiger partial charge in [-0.05, 0) is 30.7 Å². The molecule has 0 aliphatic heterocycles. The fourth-order valence-electron chi connectivity index (χ4n) is 1.52. The van der Waals surface area contributed by atoms with E-state index in [4.69, 9.17) is 21.4 Å². The quantitative estimate of drug-likeness (QED) is 0.900. The molecule has 0 aliphatic carbocycles. The molecule has 0 spiro atoms. The number of rotatable bonds is 4. The Hall–Kier alpha value is -2.34. The van der Waals surface area contributed by atoms with E-state index in [-0.39, 0.29) is 12.4 Å². The number of nitrogens with zero attached hydrogens (tertiary/aromatic N) is 1. The maximum Gasteiger partial charge on any atom is 0.342 e. The van der Waals surface area contributed by atoms with E-state index in [0.717, 1.165) is 11.8 Å². The van der Waals surface area contributed by atoms with Gasteiger partial charge in [-0.2, -0.15) is 0 Å². The number of ether oxygens (including phenoxy) is 1. The van der Waals surface area contributed by atoms with Crippen molar-refractivity contribution in [3.05, 3.63) is 56.7 Å². The molecule has 0 bridgehead atoms. The maximum absolute atomic E-state index is 11.4. The Labute approximate surface area is 119 Å². The highest BCUT2D eigenvalue weighted by Gasteiger charge is 2.10. The van der Waals surface area contributed by atoms with E-state index in [2.05, 4.69) is 9.97 Å². The fraction of sp³-hybridized carbons (Fsp3) is 0.154. The van der Waals surface area contributed by atoms with E-state index in [9.17, 15) is 9.59 Å². The number of hydrogen-bond donors (Lipinski definition) is 2. The Morgan fingerprint density at radius 3 is 2.85 bits per heavy atom. The second kappa shape index (κ2) is 5.75. The second-order valence-electron chi connectivity index (χ2n) is 4.08. The number of nitrogens with one attached hydrogen (secondary N) is 1. The van der Waals surface area contributed by atoms with Crippen LogP contribution in [0.1, 0.15) is 21.7 Å². The molecular weight excluding hydrogens is 284 g/mol. The number of carboxylic acid groups (broad SMARTS) is 1. The highest BCUT2D eigenvalue weighted by atomic mass is 35.5. The third kappa shape index (κ3) is 3.16. The van der Waals surface area contributed by atoms with Crippen LogP contribution >= 0.6 is 11.6 Å². The Morgan fingerprint density at radius 1 is 1.50 bits per heavy atom. The minimum absolute atomic E-state index is 0.0240. The number of H-pyrrole nitrogens is 1. The van der Waals surface area contributed by atoms with Gasteiger partial charge in [-0.3, -0.25) is 4.79 Å². The van der Waals surface area contributed by atoms with E-state index < -0.39 is 17.1 Å². The Bertz CT molecular complexity index is 712. The summed E-state index contributed by atoms with van der Waals surface area (Å²) in [6, 6.07) is 5.15. The summed E-state index contributed by atoms with van der Waals surface area (Å²) in [4.78, 5) is 28.3. The topological polar surface area (TPSA) is 92.3 Å². The van der Waals surface area contributed by atoms with Crippen molar-refractivity contribution < 1.29 is 14.6 Å². The summed E-state index contributed by atoms with van der Waals surface area (Å²) in [7, 11) is 0. The van der Waals surface area contributed by atoms with Gasteiger partial charge >= 0.3 is 5.97 Å². The van der Waals surface area contributed by atoms with Gasteiger partial charge in [-0.1, -0.05) is 11.6 Å². The summed E-state index contributed by atoms with van der Waals surface area (Å²) in [6.45, 7) is 1.87. The lowest BCUT2D eigenvalue weighted by atomic mass is 10.2. The van der Waals surface area contributed by atoms with E-state index in [1.165, 1.54) is 0 Å². The molecule has 2 rings (SSSR count). The molecule has 0 atom stereocenters. The van der Waals surface area contributed by atoms with E-state index in [1.54, 1.807) is 18.2 Å². The maximum atomic E-state index is 11.4. The summed E-state index contributed by atoms with van der Waals surface area (Å²) in [6.07, 6.45) is 1.01. The summed E-state index contributed by atoms with van der Waals surface area (Å²) in [5.74, 6) is -0.496. The number of aromatic amines is 1. The number of carboxylic acids is 1. The fourth-order valence-corrected chi connectivity index (χ4v) is 1.63. The minimum atomic E-state index is -1.32. The van der Waals surface area contributed by atoms with Gasteiger partial charge in [0.05, 0.1) is 0 Å². The van der Waals surface area contributed by atoms with E-state index >= 15 is 0 Å². The molecule has 0 unspecified atom stereocenters. The van der Waals surface area contributed by atoms with Gasteiger partial charge < -0.3 is 14.8 Å². The van der Waals surface area contributed by atoms with Crippen molar-refractivity contribution in [2.45, 2.75) is 13.5 Å². The lowest BCUT2D eigenvalue weighted by Crippen LogP contribution is -2.20. The second-order valence-corrected chi connectivity index (χ2v) is 4.48. The van der Waals surface area contributed by atoms with Gasteiger partial charge in [0.2, 0.25) is 0 Å². The van der Waals surface area contributed by atoms with Gasteiger partial charge in [0.25, 0.3) is 5.56 Å². The van der Waals surface area contributed by atoms with Crippen molar-refractivity contribution in [2.75, 3.05) is 0 Å². The molecule has 20 heavy (non-hydrogen) atoms. The van der Waals surface area contributed by atoms with Crippen molar-refractivity contribution in [3.63, 3.8) is 0 Å². The minimum Gasteiger partial charge on any atom is -0.486 e. The van der Waals surface area contributed by atoms with Crippen molar-refractivity contribution in [1.29, 1.82) is 0 Å². The first-order chi connectivity index (χ1) is 9.47. The van der Waals surface area contributed by atoms with E-state index in [1.807, 2.05) is 6.92 Å². The average molecular weight is 295 g/mol. The molecule has 0 saturated carbocycles. The first-order valence-electron chi connectivity index (χ1n) is 5.68. The molecule has 104 valence electrons. The number of aromatic carboxylic acids is 1. The number of aromatic nitrogens is 2. The highest BCUT2D eigenvalue weighted by Crippen LogP contribution is 2.21. The number of benzene rings is 1. The molecule has 0 fully saturated rings. The van der Waals surface area contributed by atoms with Crippen LogP contribution in [0.2, 0.25) is 5.02 Å². The van der Waals surface area contributed by atoms with Crippen LogP contribution in [0.3, 0.4) is 0 Å². The molecule has 1 aromatic heterocycles. The summed E-state index contributed by atoms with van der Waals surface area (Å²) < 4.78 is 5.44. The predicted molar refractivity (Wildman–Crippen MR) is 72.3 cm³/mol. The van der Waals surface area contributed by atoms with Gasteiger partial charge in [0.1, 0.15) is 23.7 Å². The molecule has 0 aliphatic rings. The zero-order valence-corrected chi connectivity index (χ0v) is 11.3. The first kappa shape index (κ1) is 14.1. The molecule has 1 heterocycles. The largest absolute Gasteiger partial charge is 0.486 e. The van der Waals surface area contributed by atoms with Crippen LogP contribution in [0, 0.1) is 6.92 Å².